The molecular formula is C32H44F2O4. The van der Waals surface area contributed by atoms with Crippen molar-refractivity contribution in [3.8, 4) is 0 Å². The lowest BCUT2D eigenvalue weighted by Gasteiger charge is -2.10. The van der Waals surface area contributed by atoms with E-state index in [1.54, 1.807) is 12.1 Å². The minimum atomic E-state index is -1.01. The number of hydrogen-bond acceptors (Lipinski definition) is 4. The first kappa shape index (κ1) is 31.5. The van der Waals surface area contributed by atoms with Gasteiger partial charge < -0.3 is 9.47 Å². The summed E-state index contributed by atoms with van der Waals surface area (Å²) in [4.78, 5) is 25.1. The Bertz CT molecular complexity index is 960. The molecule has 4 nitrogen and oxygen atoms in total. The fourth-order valence-corrected chi connectivity index (χ4v) is 4.41. The molecule has 210 valence electrons. The van der Waals surface area contributed by atoms with Crippen molar-refractivity contribution in [2.75, 3.05) is 6.61 Å². The summed E-state index contributed by atoms with van der Waals surface area (Å²) in [6.07, 6.45) is 19.0. The van der Waals surface area contributed by atoms with Gasteiger partial charge in [0.2, 0.25) is 0 Å². The number of carbonyl (C=O) groups excluding carboxylic acids is 2. The van der Waals surface area contributed by atoms with Gasteiger partial charge in [0.05, 0.1) is 17.7 Å². The average Bonchev–Trinajstić information content (AvgIpc) is 2.93. The number of rotatable bonds is 20. The second-order valence-electron chi connectivity index (χ2n) is 9.96. The highest BCUT2D eigenvalue weighted by Gasteiger charge is 2.19. The number of halogens is 2. The standard InChI is InChI=1S/C32H44F2O4/c1-2-3-4-5-6-7-8-9-10-11-12-13-14-15-18-23-37-31(35)27-19-16-17-20-28(27)32(36)38-25-26-21-22-29(33)30(34)24-26/h16-17,19-22,24H,2-15,18,23,25H2,1H3. The summed E-state index contributed by atoms with van der Waals surface area (Å²) >= 11 is 0. The molecular weight excluding hydrogens is 486 g/mol. The highest BCUT2D eigenvalue weighted by molar-refractivity contribution is 6.03. The van der Waals surface area contributed by atoms with Gasteiger partial charge in [-0.2, -0.15) is 0 Å². The number of unbranched alkanes of at least 4 members (excludes halogenated alkanes) is 14. The van der Waals surface area contributed by atoms with Gasteiger partial charge in [0.15, 0.2) is 11.6 Å². The Hall–Kier alpha value is -2.76. The van der Waals surface area contributed by atoms with Crippen LogP contribution in [0.15, 0.2) is 42.5 Å². The fourth-order valence-electron chi connectivity index (χ4n) is 4.41. The molecule has 0 fully saturated rings. The average molecular weight is 531 g/mol. The van der Waals surface area contributed by atoms with E-state index in [0.717, 1.165) is 31.4 Å². The van der Waals surface area contributed by atoms with Crippen LogP contribution in [0.5, 0.6) is 0 Å². The number of ether oxygens (including phenoxy) is 2. The van der Waals surface area contributed by atoms with Crippen molar-refractivity contribution in [3.63, 3.8) is 0 Å². The second kappa shape index (κ2) is 19.3. The van der Waals surface area contributed by atoms with Gasteiger partial charge in [-0.05, 0) is 36.2 Å². The Kier molecular flexibility index (Phi) is 16.0. The van der Waals surface area contributed by atoms with Crippen LogP contribution in [-0.4, -0.2) is 18.5 Å². The van der Waals surface area contributed by atoms with Crippen molar-refractivity contribution in [1.29, 1.82) is 0 Å². The van der Waals surface area contributed by atoms with Crippen molar-refractivity contribution in [2.24, 2.45) is 0 Å². The topological polar surface area (TPSA) is 52.6 Å². The first-order chi connectivity index (χ1) is 18.5. The van der Waals surface area contributed by atoms with Crippen LogP contribution in [0.4, 0.5) is 8.78 Å². The molecule has 0 radical (unpaired) electrons. The Morgan fingerprint density at radius 3 is 1.58 bits per heavy atom. The monoisotopic (exact) mass is 530 g/mol. The van der Waals surface area contributed by atoms with Crippen molar-refractivity contribution in [1.82, 2.24) is 0 Å². The van der Waals surface area contributed by atoms with Crippen LogP contribution in [0.25, 0.3) is 0 Å². The molecule has 0 saturated heterocycles. The van der Waals surface area contributed by atoms with Crippen molar-refractivity contribution in [3.05, 3.63) is 70.8 Å². The SMILES string of the molecule is CCCCCCCCCCCCCCCCCOC(=O)c1ccccc1C(=O)OCc1ccc(F)c(F)c1. The third-order valence-electron chi connectivity index (χ3n) is 6.70. The van der Waals surface area contributed by atoms with Crippen LogP contribution in [0.2, 0.25) is 0 Å². The minimum absolute atomic E-state index is 0.0802. The molecule has 0 saturated carbocycles. The molecule has 0 bridgehead atoms. The quantitative estimate of drug-likeness (QED) is 0.126. The summed E-state index contributed by atoms with van der Waals surface area (Å²) < 4.78 is 37.0. The highest BCUT2D eigenvalue weighted by Crippen LogP contribution is 2.16. The van der Waals surface area contributed by atoms with E-state index in [1.165, 1.54) is 95.2 Å². The normalized spacial score (nSPS) is 10.9. The molecule has 38 heavy (non-hydrogen) atoms. The molecule has 2 rings (SSSR count). The van der Waals surface area contributed by atoms with Gasteiger partial charge in [0.1, 0.15) is 6.61 Å². The molecule has 0 aromatic heterocycles. The van der Waals surface area contributed by atoms with E-state index in [2.05, 4.69) is 6.92 Å². The Labute approximate surface area is 227 Å². The molecule has 0 spiro atoms. The maximum absolute atomic E-state index is 13.4. The third-order valence-corrected chi connectivity index (χ3v) is 6.70. The van der Waals surface area contributed by atoms with Crippen molar-refractivity contribution >= 4 is 11.9 Å². The number of hydrogen-bond donors (Lipinski definition) is 0. The maximum atomic E-state index is 13.4. The van der Waals surface area contributed by atoms with E-state index in [-0.39, 0.29) is 17.7 Å². The fraction of sp³-hybridized carbons (Fsp3) is 0.562. The molecule has 6 heteroatoms. The van der Waals surface area contributed by atoms with Gasteiger partial charge >= 0.3 is 11.9 Å². The van der Waals surface area contributed by atoms with Crippen LogP contribution in [-0.2, 0) is 16.1 Å². The molecule has 0 atom stereocenters. The zero-order valence-corrected chi connectivity index (χ0v) is 23.0. The van der Waals surface area contributed by atoms with E-state index in [0.29, 0.717) is 12.2 Å². The van der Waals surface area contributed by atoms with Crippen LogP contribution in [0.1, 0.15) is 130 Å². The number of benzene rings is 2. The van der Waals surface area contributed by atoms with Gasteiger partial charge in [-0.25, -0.2) is 18.4 Å². The predicted octanol–water partition coefficient (Wildman–Crippen LogP) is 9.35. The van der Waals surface area contributed by atoms with E-state index in [9.17, 15) is 18.4 Å². The van der Waals surface area contributed by atoms with Gasteiger partial charge in [-0.1, -0.05) is 115 Å². The molecule has 0 amide bonds. The summed E-state index contributed by atoms with van der Waals surface area (Å²) in [5.74, 6) is -3.28. The van der Waals surface area contributed by atoms with Gasteiger partial charge in [-0.3, -0.25) is 0 Å². The molecule has 2 aromatic rings. The van der Waals surface area contributed by atoms with Gasteiger partial charge in [0, 0.05) is 0 Å². The molecule has 2 aromatic carbocycles. The smallest absolute Gasteiger partial charge is 0.339 e. The van der Waals surface area contributed by atoms with E-state index in [4.69, 9.17) is 9.47 Å². The Morgan fingerprint density at radius 2 is 1.08 bits per heavy atom. The highest BCUT2D eigenvalue weighted by atomic mass is 19.2. The summed E-state index contributed by atoms with van der Waals surface area (Å²) in [6, 6.07) is 9.56. The minimum Gasteiger partial charge on any atom is -0.462 e. The lowest BCUT2D eigenvalue weighted by atomic mass is 10.0. The predicted molar refractivity (Wildman–Crippen MR) is 147 cm³/mol. The molecule has 0 unspecified atom stereocenters. The number of esters is 2. The van der Waals surface area contributed by atoms with E-state index in [1.807, 2.05) is 0 Å². The van der Waals surface area contributed by atoms with Crippen LogP contribution in [0.3, 0.4) is 0 Å². The van der Waals surface area contributed by atoms with Crippen molar-refractivity contribution < 1.29 is 27.8 Å². The lowest BCUT2D eigenvalue weighted by Crippen LogP contribution is -2.14. The Morgan fingerprint density at radius 1 is 0.605 bits per heavy atom. The van der Waals surface area contributed by atoms with Crippen molar-refractivity contribution in [2.45, 2.75) is 110 Å². The summed E-state index contributed by atoms with van der Waals surface area (Å²) in [6.45, 7) is 2.32. The summed E-state index contributed by atoms with van der Waals surface area (Å²) in [5.41, 5.74) is 0.519. The lowest BCUT2D eigenvalue weighted by molar-refractivity contribution is 0.0436. The zero-order valence-electron chi connectivity index (χ0n) is 23.0. The largest absolute Gasteiger partial charge is 0.462 e. The third kappa shape index (κ3) is 12.7. The molecule has 0 N–H and O–H groups in total. The first-order valence-electron chi connectivity index (χ1n) is 14.4. The first-order valence-corrected chi connectivity index (χ1v) is 14.4. The summed E-state index contributed by atoms with van der Waals surface area (Å²) in [5, 5.41) is 0. The summed E-state index contributed by atoms with van der Waals surface area (Å²) in [7, 11) is 0. The molecule has 0 aliphatic carbocycles. The molecule has 0 heterocycles. The van der Waals surface area contributed by atoms with Crippen LogP contribution >= 0.6 is 0 Å². The maximum Gasteiger partial charge on any atom is 0.339 e. The zero-order chi connectivity index (χ0) is 27.4. The molecule has 0 aliphatic rings. The van der Waals surface area contributed by atoms with Gasteiger partial charge in [0.25, 0.3) is 0 Å². The second-order valence-corrected chi connectivity index (χ2v) is 9.96. The Balaban J connectivity index is 1.56. The van der Waals surface area contributed by atoms with Crippen LogP contribution < -0.4 is 0 Å². The van der Waals surface area contributed by atoms with E-state index < -0.39 is 23.6 Å². The van der Waals surface area contributed by atoms with Gasteiger partial charge in [-0.15, -0.1) is 0 Å². The number of carbonyl (C=O) groups is 2. The molecule has 0 aliphatic heterocycles. The van der Waals surface area contributed by atoms with Crippen LogP contribution in [0, 0.1) is 11.6 Å². The van der Waals surface area contributed by atoms with E-state index >= 15 is 0 Å².